The molecule has 0 spiro atoms. The highest BCUT2D eigenvalue weighted by atomic mass is 32.2. The van der Waals surface area contributed by atoms with Crippen molar-refractivity contribution in [2.45, 2.75) is 45.4 Å². The Labute approximate surface area is 196 Å². The van der Waals surface area contributed by atoms with Crippen LogP contribution >= 0.6 is 12.1 Å². The van der Waals surface area contributed by atoms with Gasteiger partial charge in [-0.3, -0.25) is 0 Å². The normalized spacial score (nSPS) is 16.7. The molecule has 2 aromatic rings. The van der Waals surface area contributed by atoms with Gasteiger partial charge in [-0.1, -0.05) is 42.3 Å². The molecule has 2 fully saturated rings. The van der Waals surface area contributed by atoms with Gasteiger partial charge in [-0.15, -0.1) is 0 Å². The van der Waals surface area contributed by atoms with Crippen molar-refractivity contribution in [3.05, 3.63) is 53.7 Å². The number of aromatic nitrogens is 1. The Balaban J connectivity index is 1.09. The van der Waals surface area contributed by atoms with Crippen molar-refractivity contribution in [3.8, 4) is 0 Å². The molecule has 32 heavy (non-hydrogen) atoms. The second-order valence-electron chi connectivity index (χ2n) is 8.38. The van der Waals surface area contributed by atoms with E-state index >= 15 is 0 Å². The first kappa shape index (κ1) is 22.9. The topological polar surface area (TPSA) is 44.2 Å². The van der Waals surface area contributed by atoms with Gasteiger partial charge in [0.05, 0.1) is 11.9 Å². The fourth-order valence-electron chi connectivity index (χ4n) is 3.95. The van der Waals surface area contributed by atoms with E-state index in [0.29, 0.717) is 6.61 Å². The van der Waals surface area contributed by atoms with Crippen LogP contribution in [-0.2, 0) is 11.3 Å². The van der Waals surface area contributed by atoms with Gasteiger partial charge in [0.25, 0.3) is 0 Å². The van der Waals surface area contributed by atoms with E-state index < -0.39 is 0 Å². The molecule has 3 heterocycles. The Morgan fingerprint density at radius 2 is 1.88 bits per heavy atom. The van der Waals surface area contributed by atoms with E-state index in [0.717, 1.165) is 44.0 Å². The SMILES string of the molecule is CCO/N=C/c1ccc(CCCCCCN2CCN(c3ccnc(N4CCC4)c3)S2)cc1. The number of anilines is 2. The van der Waals surface area contributed by atoms with Crippen LogP contribution < -0.4 is 9.21 Å². The molecule has 6 nitrogen and oxygen atoms in total. The molecule has 0 N–H and O–H groups in total. The molecule has 0 amide bonds. The summed E-state index contributed by atoms with van der Waals surface area (Å²) >= 11 is 1.88. The van der Waals surface area contributed by atoms with Crippen LogP contribution in [0.25, 0.3) is 0 Å². The summed E-state index contributed by atoms with van der Waals surface area (Å²) < 4.78 is 4.92. The number of benzene rings is 1. The highest BCUT2D eigenvalue weighted by Gasteiger charge is 2.23. The Morgan fingerprint density at radius 1 is 1.03 bits per heavy atom. The van der Waals surface area contributed by atoms with Crippen LogP contribution in [0.3, 0.4) is 0 Å². The largest absolute Gasteiger partial charge is 0.396 e. The number of aryl methyl sites for hydroxylation is 1. The standard InChI is InChI=1S/C25H35N5OS/c1-2-31-27-21-23-11-9-22(10-12-23)8-5-3-4-6-17-29-18-19-30(32-29)24-13-14-26-25(20-24)28-15-7-16-28/h9-14,20-21H,2-8,15-19H2,1H3/b27-21+. The van der Waals surface area contributed by atoms with Gasteiger partial charge in [-0.05, 0) is 49.8 Å². The van der Waals surface area contributed by atoms with Crippen LogP contribution in [0.4, 0.5) is 11.5 Å². The zero-order chi connectivity index (χ0) is 22.0. The van der Waals surface area contributed by atoms with Gasteiger partial charge in [0.1, 0.15) is 12.4 Å². The first-order valence-corrected chi connectivity index (χ1v) is 12.7. The number of pyridine rings is 1. The lowest BCUT2D eigenvalue weighted by Gasteiger charge is -2.32. The molecule has 0 unspecified atom stereocenters. The third-order valence-corrected chi connectivity index (χ3v) is 7.16. The lowest BCUT2D eigenvalue weighted by molar-refractivity contribution is 0.160. The van der Waals surface area contributed by atoms with Crippen molar-refractivity contribution in [1.82, 2.24) is 9.29 Å². The highest BCUT2D eigenvalue weighted by Crippen LogP contribution is 2.32. The van der Waals surface area contributed by atoms with Gasteiger partial charge in [-0.25, -0.2) is 9.29 Å². The summed E-state index contributed by atoms with van der Waals surface area (Å²) in [6.45, 7) is 8.21. The van der Waals surface area contributed by atoms with Crippen LogP contribution in [0, 0.1) is 0 Å². The van der Waals surface area contributed by atoms with E-state index in [9.17, 15) is 0 Å². The molecule has 1 aromatic carbocycles. The maximum atomic E-state index is 5.01. The predicted molar refractivity (Wildman–Crippen MR) is 135 cm³/mol. The lowest BCUT2D eigenvalue weighted by Crippen LogP contribution is -2.37. The van der Waals surface area contributed by atoms with Crippen LogP contribution in [0.1, 0.15) is 50.2 Å². The number of rotatable bonds is 12. The van der Waals surface area contributed by atoms with Crippen molar-refractivity contribution in [1.29, 1.82) is 0 Å². The second kappa shape index (κ2) is 12.1. The number of hydrogen-bond donors (Lipinski definition) is 0. The minimum absolute atomic E-state index is 0.605. The predicted octanol–water partition coefficient (Wildman–Crippen LogP) is 5.15. The second-order valence-corrected chi connectivity index (χ2v) is 9.50. The molecule has 172 valence electrons. The van der Waals surface area contributed by atoms with E-state index in [1.54, 1.807) is 6.21 Å². The third kappa shape index (κ3) is 6.62. The van der Waals surface area contributed by atoms with Gasteiger partial charge < -0.3 is 14.0 Å². The van der Waals surface area contributed by atoms with Gasteiger partial charge in [0.15, 0.2) is 0 Å². The van der Waals surface area contributed by atoms with Crippen molar-refractivity contribution >= 4 is 29.9 Å². The zero-order valence-corrected chi connectivity index (χ0v) is 20.0. The minimum atomic E-state index is 0.605. The molecule has 0 radical (unpaired) electrons. The molecule has 0 saturated carbocycles. The summed E-state index contributed by atoms with van der Waals surface area (Å²) in [4.78, 5) is 11.9. The molecule has 1 aromatic heterocycles. The van der Waals surface area contributed by atoms with E-state index in [1.165, 1.54) is 49.9 Å². The Hall–Kier alpha value is -2.25. The van der Waals surface area contributed by atoms with Crippen molar-refractivity contribution in [3.63, 3.8) is 0 Å². The van der Waals surface area contributed by atoms with Gasteiger partial charge in [0, 0.05) is 57.1 Å². The van der Waals surface area contributed by atoms with Crippen LogP contribution in [0.15, 0.2) is 47.8 Å². The van der Waals surface area contributed by atoms with Gasteiger partial charge in [0.2, 0.25) is 0 Å². The summed E-state index contributed by atoms with van der Waals surface area (Å²) in [5.74, 6) is 1.13. The third-order valence-electron chi connectivity index (χ3n) is 5.97. The molecule has 2 aliphatic rings. The van der Waals surface area contributed by atoms with Gasteiger partial charge in [-0.2, -0.15) is 0 Å². The van der Waals surface area contributed by atoms with E-state index in [1.807, 2.05) is 25.3 Å². The molecule has 0 aliphatic carbocycles. The molecule has 7 heteroatoms. The van der Waals surface area contributed by atoms with E-state index in [-0.39, 0.29) is 0 Å². The maximum Gasteiger partial charge on any atom is 0.130 e. The number of oxime groups is 1. The van der Waals surface area contributed by atoms with Crippen molar-refractivity contribution in [2.75, 3.05) is 48.5 Å². The van der Waals surface area contributed by atoms with Gasteiger partial charge >= 0.3 is 0 Å². The van der Waals surface area contributed by atoms with Crippen molar-refractivity contribution < 1.29 is 4.84 Å². The Bertz CT molecular complexity index is 856. The van der Waals surface area contributed by atoms with Crippen LogP contribution in [0.2, 0.25) is 0 Å². The fourth-order valence-corrected chi connectivity index (χ4v) is 4.97. The Morgan fingerprint density at radius 3 is 2.66 bits per heavy atom. The molecule has 2 aliphatic heterocycles. The first-order valence-electron chi connectivity index (χ1n) is 12.0. The molecular formula is C25H35N5OS. The molecule has 0 bridgehead atoms. The van der Waals surface area contributed by atoms with Crippen LogP contribution in [0.5, 0.6) is 0 Å². The molecule has 4 rings (SSSR count). The number of nitrogens with zero attached hydrogens (tertiary/aromatic N) is 5. The minimum Gasteiger partial charge on any atom is -0.396 e. The molecular weight excluding hydrogens is 418 g/mol. The Kier molecular flexibility index (Phi) is 8.68. The average molecular weight is 454 g/mol. The average Bonchev–Trinajstić information content (AvgIpc) is 3.25. The lowest BCUT2D eigenvalue weighted by atomic mass is 10.0. The monoisotopic (exact) mass is 453 g/mol. The summed E-state index contributed by atoms with van der Waals surface area (Å²) in [6.07, 6.45) is 11.3. The summed E-state index contributed by atoms with van der Waals surface area (Å²) in [6, 6.07) is 13.0. The zero-order valence-electron chi connectivity index (χ0n) is 19.2. The fraction of sp³-hybridized carbons (Fsp3) is 0.520. The first-order chi connectivity index (χ1) is 15.8. The number of hydrogen-bond acceptors (Lipinski definition) is 7. The highest BCUT2D eigenvalue weighted by molar-refractivity contribution is 7.98. The smallest absolute Gasteiger partial charge is 0.130 e. The number of unbranched alkanes of at least 4 members (excludes halogenated alkanes) is 3. The van der Waals surface area contributed by atoms with E-state index in [2.05, 4.69) is 60.0 Å². The summed E-state index contributed by atoms with van der Waals surface area (Å²) in [5.41, 5.74) is 3.77. The van der Waals surface area contributed by atoms with Crippen molar-refractivity contribution in [2.24, 2.45) is 5.16 Å². The van der Waals surface area contributed by atoms with E-state index in [4.69, 9.17) is 4.84 Å². The summed E-state index contributed by atoms with van der Waals surface area (Å²) in [7, 11) is 0. The maximum absolute atomic E-state index is 5.01. The summed E-state index contributed by atoms with van der Waals surface area (Å²) in [5, 5.41) is 3.92. The molecule has 0 atom stereocenters. The quantitative estimate of drug-likeness (QED) is 0.192. The molecule has 2 saturated heterocycles. The van der Waals surface area contributed by atoms with Crippen LogP contribution in [-0.4, -0.2) is 54.8 Å².